The maximum atomic E-state index is 9.90. The van der Waals surface area contributed by atoms with Gasteiger partial charge in [0.1, 0.15) is 0 Å². The fraction of sp³-hybridized carbons (Fsp3) is 0.250. The molecule has 0 saturated carbocycles. The molecule has 0 spiro atoms. The summed E-state index contributed by atoms with van der Waals surface area (Å²) in [4.78, 5) is 0. The summed E-state index contributed by atoms with van der Waals surface area (Å²) in [6.45, 7) is 4.00. The van der Waals surface area contributed by atoms with Crippen molar-refractivity contribution >= 4 is 17.9 Å². The quantitative estimate of drug-likeness (QED) is 0.405. The first-order valence-corrected chi connectivity index (χ1v) is 4.27. The van der Waals surface area contributed by atoms with Crippen LogP contribution in [0.1, 0.15) is 13.8 Å². The molecule has 0 aliphatic carbocycles. The molecule has 0 bridgehead atoms. The third-order valence-electron chi connectivity index (χ3n) is 0.933. The third-order valence-corrected chi connectivity index (χ3v) is 1.25. The first-order valence-electron chi connectivity index (χ1n) is 3.53. The second kappa shape index (κ2) is 11.3. The van der Waals surface area contributed by atoms with Crippen LogP contribution in [0.25, 0.3) is 0 Å². The van der Waals surface area contributed by atoms with Crippen LogP contribution in [0, 0.1) is 0 Å². The van der Waals surface area contributed by atoms with Crippen molar-refractivity contribution in [1.82, 2.24) is 0 Å². The number of nitrogens with one attached hydrogen (secondary N) is 1. The molecule has 12 heavy (non-hydrogen) atoms. The Balaban J connectivity index is 0. The van der Waals surface area contributed by atoms with Gasteiger partial charge in [-0.2, -0.15) is 0 Å². The fourth-order valence-corrected chi connectivity index (χ4v) is 0.787. The van der Waals surface area contributed by atoms with E-state index in [1.54, 1.807) is 0 Å². The molecule has 0 aliphatic heterocycles. The molecule has 2 nitrogen and oxygen atoms in total. The van der Waals surface area contributed by atoms with E-state index in [0.717, 1.165) is 5.69 Å². The van der Waals surface area contributed by atoms with Crippen molar-refractivity contribution in [2.24, 2.45) is 0 Å². The normalized spacial score (nSPS) is 7.25. The number of hydrogen-bond acceptors (Lipinski definition) is 3. The number of rotatable bonds is 2. The van der Waals surface area contributed by atoms with Crippen LogP contribution in [0.4, 0.5) is 5.69 Å². The van der Waals surface area contributed by atoms with Gasteiger partial charge in [0.05, 0.1) is 0 Å². The minimum absolute atomic E-state index is 0. The van der Waals surface area contributed by atoms with E-state index in [-0.39, 0.29) is 29.6 Å². The Morgan fingerprint density at radius 1 is 1.17 bits per heavy atom. The zero-order valence-corrected chi connectivity index (χ0v) is 10.5. The maximum absolute atomic E-state index is 9.90. The second-order valence-electron chi connectivity index (χ2n) is 1.55. The molecule has 1 N–H and O–H groups in total. The molecule has 1 rings (SSSR count). The van der Waals surface area contributed by atoms with Gasteiger partial charge in [0, 0.05) is 5.69 Å². The Bertz CT molecular complexity index is 172. The van der Waals surface area contributed by atoms with Gasteiger partial charge in [0.25, 0.3) is 0 Å². The standard InChI is InChI=1S/C6H7NOS.C2H6.Na/c8-9-7-6-4-2-1-3-5-6;1-2;/h1-5,7-8H;1-2H3;/q;;+1/p-1. The van der Waals surface area contributed by atoms with Gasteiger partial charge in [-0.3, -0.25) is 0 Å². The van der Waals surface area contributed by atoms with Crippen LogP contribution in [-0.2, 0) is 0 Å². The monoisotopic (exact) mass is 193 g/mol. The summed E-state index contributed by atoms with van der Waals surface area (Å²) in [7, 11) is 0. The number of anilines is 1. The molecule has 0 saturated heterocycles. The summed E-state index contributed by atoms with van der Waals surface area (Å²) in [5, 5.41) is 0. The third kappa shape index (κ3) is 7.00. The largest absolute Gasteiger partial charge is 1.00 e. The number of benzene rings is 1. The Kier molecular flexibility index (Phi) is 14.0. The summed E-state index contributed by atoms with van der Waals surface area (Å²) in [5.41, 5.74) is 0.845. The SMILES string of the molecule is CC.[Na+].[O-]SNc1ccccc1. The van der Waals surface area contributed by atoms with Crippen molar-refractivity contribution < 1.29 is 34.1 Å². The molecule has 62 valence electrons. The zero-order valence-electron chi connectivity index (χ0n) is 7.70. The van der Waals surface area contributed by atoms with Crippen molar-refractivity contribution in [3.05, 3.63) is 30.3 Å². The summed E-state index contributed by atoms with van der Waals surface area (Å²) in [5.74, 6) is 0. The van der Waals surface area contributed by atoms with Crippen molar-refractivity contribution in [2.45, 2.75) is 13.8 Å². The average molecular weight is 193 g/mol. The van der Waals surface area contributed by atoms with Crippen LogP contribution in [-0.4, -0.2) is 4.55 Å². The van der Waals surface area contributed by atoms with Gasteiger partial charge in [-0.25, -0.2) is 0 Å². The zero-order chi connectivity index (χ0) is 8.53. The van der Waals surface area contributed by atoms with E-state index >= 15 is 0 Å². The Morgan fingerprint density at radius 2 is 1.67 bits per heavy atom. The predicted octanol–water partition coefficient (Wildman–Crippen LogP) is -0.0927. The van der Waals surface area contributed by atoms with E-state index < -0.39 is 0 Å². The summed E-state index contributed by atoms with van der Waals surface area (Å²) in [6.07, 6.45) is 0. The van der Waals surface area contributed by atoms with Gasteiger partial charge < -0.3 is 9.27 Å². The minimum atomic E-state index is 0. The molecular formula is C8H12NNaOS. The average Bonchev–Trinajstić information content (AvgIpc) is 2.11. The molecule has 0 amide bonds. The first-order chi connectivity index (χ1) is 5.43. The predicted molar refractivity (Wildman–Crippen MR) is 49.8 cm³/mol. The van der Waals surface area contributed by atoms with E-state index in [1.807, 2.05) is 44.2 Å². The molecule has 0 unspecified atom stereocenters. The number of para-hydroxylation sites is 1. The van der Waals surface area contributed by atoms with Crippen LogP contribution < -0.4 is 34.3 Å². The van der Waals surface area contributed by atoms with Crippen molar-refractivity contribution in [3.8, 4) is 0 Å². The molecule has 1 aromatic carbocycles. The van der Waals surface area contributed by atoms with Crippen LogP contribution >= 0.6 is 12.2 Å². The van der Waals surface area contributed by atoms with E-state index in [9.17, 15) is 4.55 Å². The smallest absolute Gasteiger partial charge is 0.782 e. The first kappa shape index (κ1) is 14.8. The van der Waals surface area contributed by atoms with Crippen molar-refractivity contribution in [3.63, 3.8) is 0 Å². The Hall–Kier alpha value is 0.330. The number of hydrogen-bond donors (Lipinski definition) is 1. The van der Waals surface area contributed by atoms with Crippen molar-refractivity contribution in [1.29, 1.82) is 0 Å². The summed E-state index contributed by atoms with van der Waals surface area (Å²) < 4.78 is 12.5. The molecule has 0 aliphatic rings. The summed E-state index contributed by atoms with van der Waals surface area (Å²) in [6, 6.07) is 9.33. The van der Waals surface area contributed by atoms with Gasteiger partial charge in [0.15, 0.2) is 0 Å². The minimum Gasteiger partial charge on any atom is -0.782 e. The van der Waals surface area contributed by atoms with Gasteiger partial charge in [0.2, 0.25) is 0 Å². The van der Waals surface area contributed by atoms with Gasteiger partial charge in [-0.05, 0) is 12.1 Å². The molecule has 0 aromatic heterocycles. The van der Waals surface area contributed by atoms with Crippen LogP contribution in [0.5, 0.6) is 0 Å². The van der Waals surface area contributed by atoms with Crippen LogP contribution in [0.15, 0.2) is 30.3 Å². The Morgan fingerprint density at radius 3 is 2.08 bits per heavy atom. The van der Waals surface area contributed by atoms with E-state index in [4.69, 9.17) is 0 Å². The molecule has 0 fully saturated rings. The van der Waals surface area contributed by atoms with Gasteiger partial charge in [-0.1, -0.05) is 32.0 Å². The molecule has 0 heterocycles. The van der Waals surface area contributed by atoms with E-state index in [1.165, 1.54) is 0 Å². The van der Waals surface area contributed by atoms with E-state index in [0.29, 0.717) is 12.2 Å². The van der Waals surface area contributed by atoms with Crippen molar-refractivity contribution in [2.75, 3.05) is 4.72 Å². The van der Waals surface area contributed by atoms with Crippen LogP contribution in [0.2, 0.25) is 0 Å². The van der Waals surface area contributed by atoms with E-state index in [2.05, 4.69) is 4.72 Å². The Labute approximate surface area is 100 Å². The molecule has 1 aromatic rings. The van der Waals surface area contributed by atoms with Gasteiger partial charge in [-0.15, -0.1) is 12.2 Å². The topological polar surface area (TPSA) is 35.1 Å². The second-order valence-corrected chi connectivity index (χ2v) is 1.92. The summed E-state index contributed by atoms with van der Waals surface area (Å²) >= 11 is 0.355. The maximum Gasteiger partial charge on any atom is 1.00 e. The molecule has 0 atom stereocenters. The fourth-order valence-electron chi connectivity index (χ4n) is 0.554. The van der Waals surface area contributed by atoms with Crippen LogP contribution in [0.3, 0.4) is 0 Å². The van der Waals surface area contributed by atoms with Gasteiger partial charge >= 0.3 is 29.6 Å². The molecular weight excluding hydrogens is 181 g/mol. The molecule has 4 heteroatoms. The molecule has 0 radical (unpaired) electrons.